The van der Waals surface area contributed by atoms with Crippen LogP contribution in [-0.2, 0) is 16.3 Å². The number of nitrogens with zero attached hydrogens (tertiary/aromatic N) is 2. The van der Waals surface area contributed by atoms with Crippen LogP contribution in [0.4, 0.5) is 0 Å². The number of imidazole rings is 1. The van der Waals surface area contributed by atoms with Crippen molar-refractivity contribution in [2.24, 2.45) is 0 Å². The molecule has 7 heteroatoms. The zero-order valence-corrected chi connectivity index (χ0v) is 15.4. The Kier molecular flexibility index (Phi) is 4.16. The minimum Gasteiger partial charge on any atom is -0.329 e. The smallest absolute Gasteiger partial charge is 0.248 e. The Balaban J connectivity index is 1.73. The highest BCUT2D eigenvalue weighted by Gasteiger charge is 2.11. The van der Waals surface area contributed by atoms with E-state index in [2.05, 4.69) is 9.97 Å². The van der Waals surface area contributed by atoms with E-state index >= 15 is 0 Å². The minimum absolute atomic E-state index is 0.157. The van der Waals surface area contributed by atoms with Crippen LogP contribution in [0, 0.1) is 0 Å². The number of rotatable bonds is 4. The molecule has 0 fully saturated rings. The summed E-state index contributed by atoms with van der Waals surface area (Å²) in [5.74, 6) is 0. The Morgan fingerprint density at radius 2 is 1.85 bits per heavy atom. The van der Waals surface area contributed by atoms with E-state index in [1.807, 2.05) is 40.9 Å². The fraction of sp³-hybridized carbons (Fsp3) is 0.100. The highest BCUT2D eigenvalue weighted by molar-refractivity contribution is 7.90. The van der Waals surface area contributed by atoms with Gasteiger partial charge in [0, 0.05) is 42.9 Å². The fourth-order valence-corrected chi connectivity index (χ4v) is 3.75. The van der Waals surface area contributed by atoms with E-state index in [1.54, 1.807) is 30.6 Å². The molecule has 0 saturated carbocycles. The summed E-state index contributed by atoms with van der Waals surface area (Å²) in [6.45, 7) is 0. The summed E-state index contributed by atoms with van der Waals surface area (Å²) in [5, 5.41) is 0. The molecule has 6 nitrogen and oxygen atoms in total. The standard InChI is InChI=1S/C20H17N3O3S/c1-27(25,26)17-5-2-14(3-6-17)12-16-4-7-18(23-11-10-22-20(16)23)15-8-9-21-19(24)13-15/h2-11,13H,12H2,1H3,(H,21,24). The van der Waals surface area contributed by atoms with Crippen LogP contribution in [0.3, 0.4) is 0 Å². The molecule has 0 atom stereocenters. The SMILES string of the molecule is CS(=O)(=O)c1ccc(Cc2ccc(-c3cc[nH]c(=O)c3)n3ccnc23)cc1. The first-order valence-corrected chi connectivity index (χ1v) is 10.2. The van der Waals surface area contributed by atoms with Crippen molar-refractivity contribution in [1.82, 2.24) is 14.4 Å². The lowest BCUT2D eigenvalue weighted by Crippen LogP contribution is -2.04. The lowest BCUT2D eigenvalue weighted by atomic mass is 10.0. The predicted octanol–water partition coefficient (Wildman–Crippen LogP) is 2.68. The second kappa shape index (κ2) is 6.51. The Hall–Kier alpha value is -3.19. The van der Waals surface area contributed by atoms with Crippen molar-refractivity contribution in [3.63, 3.8) is 0 Å². The van der Waals surface area contributed by atoms with Crippen LogP contribution in [0.15, 0.2) is 76.8 Å². The van der Waals surface area contributed by atoms with Crippen molar-refractivity contribution in [2.45, 2.75) is 11.3 Å². The maximum atomic E-state index is 11.6. The highest BCUT2D eigenvalue weighted by Crippen LogP contribution is 2.23. The van der Waals surface area contributed by atoms with Crippen LogP contribution in [0.2, 0.25) is 0 Å². The van der Waals surface area contributed by atoms with E-state index < -0.39 is 9.84 Å². The minimum atomic E-state index is -3.20. The molecular weight excluding hydrogens is 362 g/mol. The van der Waals surface area contributed by atoms with Crippen LogP contribution in [0.5, 0.6) is 0 Å². The second-order valence-electron chi connectivity index (χ2n) is 6.40. The van der Waals surface area contributed by atoms with Gasteiger partial charge in [-0.1, -0.05) is 18.2 Å². The van der Waals surface area contributed by atoms with E-state index in [0.29, 0.717) is 11.3 Å². The van der Waals surface area contributed by atoms with E-state index in [1.165, 1.54) is 6.26 Å². The average Bonchev–Trinajstić information content (AvgIpc) is 3.12. The van der Waals surface area contributed by atoms with Crippen LogP contribution in [0.1, 0.15) is 11.1 Å². The Labute approximate surface area is 156 Å². The van der Waals surface area contributed by atoms with Gasteiger partial charge in [-0.15, -0.1) is 0 Å². The highest BCUT2D eigenvalue weighted by atomic mass is 32.2. The van der Waals surface area contributed by atoms with Gasteiger partial charge in [0.15, 0.2) is 9.84 Å². The molecule has 4 rings (SSSR count). The summed E-state index contributed by atoms with van der Waals surface area (Å²) in [5.41, 5.74) is 4.35. The number of aromatic nitrogens is 3. The maximum absolute atomic E-state index is 11.6. The maximum Gasteiger partial charge on any atom is 0.248 e. The number of hydrogen-bond acceptors (Lipinski definition) is 4. The molecule has 0 saturated heterocycles. The van der Waals surface area contributed by atoms with E-state index in [0.717, 1.165) is 28.0 Å². The van der Waals surface area contributed by atoms with Gasteiger partial charge in [-0.3, -0.25) is 9.20 Å². The largest absolute Gasteiger partial charge is 0.329 e. The summed E-state index contributed by atoms with van der Waals surface area (Å²) in [4.78, 5) is 19.0. The number of benzene rings is 1. The topological polar surface area (TPSA) is 84.3 Å². The van der Waals surface area contributed by atoms with Crippen LogP contribution in [-0.4, -0.2) is 29.0 Å². The summed E-state index contributed by atoms with van der Waals surface area (Å²) >= 11 is 0. The molecule has 0 spiro atoms. The number of hydrogen-bond donors (Lipinski definition) is 1. The number of nitrogens with one attached hydrogen (secondary N) is 1. The van der Waals surface area contributed by atoms with Gasteiger partial charge in [-0.2, -0.15) is 0 Å². The van der Waals surface area contributed by atoms with E-state index in [9.17, 15) is 13.2 Å². The molecule has 0 aliphatic heterocycles. The molecule has 0 unspecified atom stereocenters. The van der Waals surface area contributed by atoms with Gasteiger partial charge in [0.05, 0.1) is 10.6 Å². The number of fused-ring (bicyclic) bond motifs is 1. The van der Waals surface area contributed by atoms with Crippen molar-refractivity contribution in [3.05, 3.63) is 88.6 Å². The van der Waals surface area contributed by atoms with Gasteiger partial charge in [-0.05, 0) is 35.4 Å². The molecule has 0 aliphatic rings. The normalized spacial score (nSPS) is 11.7. The number of aromatic amines is 1. The molecule has 1 N–H and O–H groups in total. The Bertz CT molecular complexity index is 1290. The molecule has 27 heavy (non-hydrogen) atoms. The van der Waals surface area contributed by atoms with Crippen LogP contribution < -0.4 is 5.56 Å². The quantitative estimate of drug-likeness (QED) is 0.591. The summed E-state index contributed by atoms with van der Waals surface area (Å²) in [6, 6.07) is 14.2. The second-order valence-corrected chi connectivity index (χ2v) is 8.41. The molecule has 136 valence electrons. The van der Waals surface area contributed by atoms with Crippen molar-refractivity contribution in [2.75, 3.05) is 6.26 Å². The third-order valence-electron chi connectivity index (χ3n) is 4.45. The van der Waals surface area contributed by atoms with Crippen LogP contribution in [0.25, 0.3) is 16.9 Å². The van der Waals surface area contributed by atoms with Crippen molar-refractivity contribution in [1.29, 1.82) is 0 Å². The number of H-pyrrole nitrogens is 1. The van der Waals surface area contributed by atoms with Gasteiger partial charge in [0.1, 0.15) is 5.65 Å². The zero-order chi connectivity index (χ0) is 19.0. The summed E-state index contributed by atoms with van der Waals surface area (Å²) < 4.78 is 25.2. The molecule has 3 heterocycles. The molecule has 4 aromatic rings. The molecule has 1 aromatic carbocycles. The molecular formula is C20H17N3O3S. The average molecular weight is 379 g/mol. The fourth-order valence-electron chi connectivity index (χ4n) is 3.12. The van der Waals surface area contributed by atoms with Gasteiger partial charge >= 0.3 is 0 Å². The first kappa shape index (κ1) is 17.2. The first-order chi connectivity index (χ1) is 12.9. The van der Waals surface area contributed by atoms with Crippen molar-refractivity contribution < 1.29 is 8.42 Å². The predicted molar refractivity (Wildman–Crippen MR) is 104 cm³/mol. The van der Waals surface area contributed by atoms with Crippen molar-refractivity contribution >= 4 is 15.5 Å². The van der Waals surface area contributed by atoms with Gasteiger partial charge in [0.25, 0.3) is 0 Å². The molecule has 0 bridgehead atoms. The van der Waals surface area contributed by atoms with Crippen LogP contribution >= 0.6 is 0 Å². The lowest BCUT2D eigenvalue weighted by Gasteiger charge is -2.10. The first-order valence-electron chi connectivity index (χ1n) is 8.35. The monoisotopic (exact) mass is 379 g/mol. The lowest BCUT2D eigenvalue weighted by molar-refractivity contribution is 0.602. The molecule has 3 aromatic heterocycles. The third kappa shape index (κ3) is 3.41. The Morgan fingerprint density at radius 3 is 2.56 bits per heavy atom. The van der Waals surface area contributed by atoms with Gasteiger partial charge < -0.3 is 4.98 Å². The Morgan fingerprint density at radius 1 is 1.07 bits per heavy atom. The molecule has 0 radical (unpaired) electrons. The van der Waals surface area contributed by atoms with E-state index in [-0.39, 0.29) is 5.56 Å². The summed E-state index contributed by atoms with van der Waals surface area (Å²) in [7, 11) is -3.20. The summed E-state index contributed by atoms with van der Waals surface area (Å²) in [6.07, 6.45) is 7.03. The molecule has 0 amide bonds. The number of sulfone groups is 1. The zero-order valence-electron chi connectivity index (χ0n) is 14.6. The van der Waals surface area contributed by atoms with E-state index in [4.69, 9.17) is 0 Å². The number of pyridine rings is 2. The van der Waals surface area contributed by atoms with Crippen molar-refractivity contribution in [3.8, 4) is 11.3 Å². The molecule has 0 aliphatic carbocycles. The van der Waals surface area contributed by atoms with Gasteiger partial charge in [0.2, 0.25) is 5.56 Å². The third-order valence-corrected chi connectivity index (χ3v) is 5.58. The van der Waals surface area contributed by atoms with Gasteiger partial charge in [-0.25, -0.2) is 13.4 Å².